The van der Waals surface area contributed by atoms with E-state index in [1.165, 1.54) is 18.2 Å². The maximum Gasteiger partial charge on any atom is 0.335 e. The summed E-state index contributed by atoms with van der Waals surface area (Å²) in [6.07, 6.45) is 3.21. The molecular weight excluding hydrogens is 506 g/mol. The number of carboxylic acid groups (broad SMARTS) is 1. The third kappa shape index (κ3) is 6.31. The van der Waals surface area contributed by atoms with E-state index in [2.05, 4.69) is 38.3 Å². The molecule has 0 bridgehead atoms. The molecule has 180 valence electrons. The van der Waals surface area contributed by atoms with Crippen molar-refractivity contribution in [3.8, 4) is 17.1 Å². The molecule has 0 saturated carbocycles. The van der Waals surface area contributed by atoms with Crippen LogP contribution in [0.25, 0.3) is 11.3 Å². The SMILES string of the molecule is Cc1cc(C(=O)O)cc(-c2cnn(C)c2OCCC[C@@H](C)CNc2cc(Br)ccc2[N+](=O)[O-])n1. The number of carbonyl (C=O) groups is 1. The average molecular weight is 532 g/mol. The average Bonchev–Trinajstić information content (AvgIpc) is 3.15. The Balaban J connectivity index is 1.56. The minimum absolute atomic E-state index is 0.0401. The van der Waals surface area contributed by atoms with Crippen LogP contribution in [0, 0.1) is 23.0 Å². The number of anilines is 1. The molecule has 34 heavy (non-hydrogen) atoms. The lowest BCUT2D eigenvalue weighted by Gasteiger charge is -2.15. The number of carboxylic acids is 1. The molecule has 0 radical (unpaired) electrons. The second-order valence-corrected chi connectivity index (χ2v) is 8.99. The fourth-order valence-corrected chi connectivity index (χ4v) is 3.86. The summed E-state index contributed by atoms with van der Waals surface area (Å²) in [5, 5.41) is 28.0. The summed E-state index contributed by atoms with van der Waals surface area (Å²) >= 11 is 3.35. The summed E-state index contributed by atoms with van der Waals surface area (Å²) in [5.74, 6) is -0.247. The van der Waals surface area contributed by atoms with E-state index in [0.29, 0.717) is 41.7 Å². The van der Waals surface area contributed by atoms with Gasteiger partial charge in [-0.25, -0.2) is 9.48 Å². The van der Waals surface area contributed by atoms with Crippen LogP contribution >= 0.6 is 15.9 Å². The Bertz CT molecular complexity index is 1200. The van der Waals surface area contributed by atoms with Crippen LogP contribution in [0.15, 0.2) is 41.0 Å². The Morgan fingerprint density at radius 1 is 1.35 bits per heavy atom. The fourth-order valence-electron chi connectivity index (χ4n) is 3.50. The molecule has 1 aromatic carbocycles. The maximum absolute atomic E-state index is 11.4. The number of nitro benzene ring substituents is 1. The predicted molar refractivity (Wildman–Crippen MR) is 131 cm³/mol. The molecule has 0 spiro atoms. The number of hydrogen-bond donors (Lipinski definition) is 2. The molecule has 1 atom stereocenters. The highest BCUT2D eigenvalue weighted by Gasteiger charge is 2.17. The van der Waals surface area contributed by atoms with Gasteiger partial charge in [0.25, 0.3) is 5.69 Å². The highest BCUT2D eigenvalue weighted by molar-refractivity contribution is 9.10. The van der Waals surface area contributed by atoms with Crippen molar-refractivity contribution in [2.24, 2.45) is 13.0 Å². The summed E-state index contributed by atoms with van der Waals surface area (Å²) in [4.78, 5) is 26.7. The molecule has 0 amide bonds. The van der Waals surface area contributed by atoms with E-state index < -0.39 is 10.9 Å². The topological polar surface area (TPSA) is 132 Å². The Hall–Kier alpha value is -3.47. The first-order chi connectivity index (χ1) is 16.2. The molecule has 2 heterocycles. The zero-order valence-corrected chi connectivity index (χ0v) is 20.7. The van der Waals surface area contributed by atoms with Crippen molar-refractivity contribution in [1.29, 1.82) is 0 Å². The standard InChI is InChI=1S/C23H26BrN5O5/c1-14(12-25-20-11-17(24)6-7-21(20)29(32)33)5-4-8-34-22-18(13-26-28(22)3)19-10-16(23(30)31)9-15(2)27-19/h6-7,9-11,13-14,25H,4-5,8,12H2,1-3H3,(H,30,31)/t14-/m1/s1. The lowest BCUT2D eigenvalue weighted by molar-refractivity contribution is -0.384. The van der Waals surface area contributed by atoms with Crippen molar-refractivity contribution in [3.05, 3.63) is 62.4 Å². The van der Waals surface area contributed by atoms with Crippen molar-refractivity contribution in [2.75, 3.05) is 18.5 Å². The first kappa shape index (κ1) is 25.2. The number of aryl methyl sites for hydroxylation is 2. The molecular formula is C23H26BrN5O5. The van der Waals surface area contributed by atoms with Crippen LogP contribution in [0.5, 0.6) is 5.88 Å². The highest BCUT2D eigenvalue weighted by Crippen LogP contribution is 2.30. The van der Waals surface area contributed by atoms with E-state index in [1.807, 2.05) is 0 Å². The molecule has 0 saturated heterocycles. The Morgan fingerprint density at radius 2 is 2.12 bits per heavy atom. The Kier molecular flexibility index (Phi) is 8.21. The van der Waals surface area contributed by atoms with E-state index in [9.17, 15) is 20.0 Å². The number of pyridine rings is 1. The van der Waals surface area contributed by atoms with Crippen LogP contribution in [0.4, 0.5) is 11.4 Å². The summed E-state index contributed by atoms with van der Waals surface area (Å²) in [7, 11) is 1.75. The normalized spacial score (nSPS) is 11.8. The summed E-state index contributed by atoms with van der Waals surface area (Å²) in [6, 6.07) is 7.84. The van der Waals surface area contributed by atoms with E-state index in [0.717, 1.165) is 17.3 Å². The third-order valence-electron chi connectivity index (χ3n) is 5.24. The predicted octanol–water partition coefficient (Wildman–Crippen LogP) is 5.07. The number of ether oxygens (including phenoxy) is 1. The van der Waals surface area contributed by atoms with Crippen LogP contribution in [-0.2, 0) is 7.05 Å². The van der Waals surface area contributed by atoms with Gasteiger partial charge in [0.05, 0.1) is 34.5 Å². The van der Waals surface area contributed by atoms with Gasteiger partial charge in [0, 0.05) is 29.8 Å². The summed E-state index contributed by atoms with van der Waals surface area (Å²) in [6.45, 7) is 4.83. The molecule has 0 unspecified atom stereocenters. The molecule has 0 fully saturated rings. The summed E-state index contributed by atoms with van der Waals surface area (Å²) < 4.78 is 8.34. The number of nitrogens with zero attached hydrogens (tertiary/aromatic N) is 4. The monoisotopic (exact) mass is 531 g/mol. The van der Waals surface area contributed by atoms with Gasteiger partial charge in [0.2, 0.25) is 5.88 Å². The molecule has 2 aromatic heterocycles. The van der Waals surface area contributed by atoms with E-state index in [4.69, 9.17) is 4.74 Å². The number of nitro groups is 1. The molecule has 0 aliphatic rings. The second-order valence-electron chi connectivity index (χ2n) is 8.07. The molecule has 10 nitrogen and oxygen atoms in total. The van der Waals surface area contributed by atoms with Gasteiger partial charge in [-0.1, -0.05) is 22.9 Å². The van der Waals surface area contributed by atoms with Crippen molar-refractivity contribution >= 4 is 33.3 Å². The first-order valence-electron chi connectivity index (χ1n) is 10.7. The van der Waals surface area contributed by atoms with Crippen LogP contribution in [0.1, 0.15) is 35.8 Å². The summed E-state index contributed by atoms with van der Waals surface area (Å²) in [5.41, 5.74) is 2.40. The molecule has 0 aliphatic carbocycles. The zero-order valence-electron chi connectivity index (χ0n) is 19.1. The quantitative estimate of drug-likeness (QED) is 0.199. The maximum atomic E-state index is 11.4. The smallest absolute Gasteiger partial charge is 0.335 e. The van der Waals surface area contributed by atoms with Crippen molar-refractivity contribution in [2.45, 2.75) is 26.7 Å². The Morgan fingerprint density at radius 3 is 2.82 bits per heavy atom. The highest BCUT2D eigenvalue weighted by atomic mass is 79.9. The van der Waals surface area contributed by atoms with Gasteiger partial charge in [-0.3, -0.25) is 15.1 Å². The largest absolute Gasteiger partial charge is 0.478 e. The van der Waals surface area contributed by atoms with Crippen LogP contribution in [-0.4, -0.2) is 43.9 Å². The number of benzene rings is 1. The number of aromatic nitrogens is 3. The van der Waals surface area contributed by atoms with Gasteiger partial charge in [-0.15, -0.1) is 0 Å². The molecule has 2 N–H and O–H groups in total. The first-order valence-corrected chi connectivity index (χ1v) is 11.5. The van der Waals surface area contributed by atoms with E-state index in [-0.39, 0.29) is 17.2 Å². The van der Waals surface area contributed by atoms with Crippen LogP contribution in [0.3, 0.4) is 0 Å². The van der Waals surface area contributed by atoms with Gasteiger partial charge >= 0.3 is 5.97 Å². The van der Waals surface area contributed by atoms with Gasteiger partial charge in [0.1, 0.15) is 5.69 Å². The minimum Gasteiger partial charge on any atom is -0.478 e. The number of halogens is 1. The number of nitrogens with one attached hydrogen (secondary N) is 1. The van der Waals surface area contributed by atoms with Crippen LogP contribution in [0.2, 0.25) is 0 Å². The van der Waals surface area contributed by atoms with Crippen LogP contribution < -0.4 is 10.1 Å². The van der Waals surface area contributed by atoms with Crippen molar-refractivity contribution < 1.29 is 19.6 Å². The van der Waals surface area contributed by atoms with Crippen molar-refractivity contribution in [3.63, 3.8) is 0 Å². The molecule has 11 heteroatoms. The molecule has 3 aromatic rings. The van der Waals surface area contributed by atoms with Gasteiger partial charge in [0.15, 0.2) is 0 Å². The van der Waals surface area contributed by atoms with Crippen molar-refractivity contribution in [1.82, 2.24) is 14.8 Å². The van der Waals surface area contributed by atoms with Gasteiger partial charge in [-0.2, -0.15) is 5.10 Å². The van der Waals surface area contributed by atoms with E-state index in [1.54, 1.807) is 37.0 Å². The Labute approximate surface area is 205 Å². The lowest BCUT2D eigenvalue weighted by Crippen LogP contribution is -2.14. The van der Waals surface area contributed by atoms with Gasteiger partial charge in [-0.05, 0) is 49.9 Å². The van der Waals surface area contributed by atoms with E-state index >= 15 is 0 Å². The fraction of sp³-hybridized carbons (Fsp3) is 0.348. The molecule has 0 aliphatic heterocycles. The number of aromatic carboxylic acids is 1. The number of rotatable bonds is 11. The molecule has 3 rings (SSSR count). The third-order valence-corrected chi connectivity index (χ3v) is 5.73. The van der Waals surface area contributed by atoms with Gasteiger partial charge < -0.3 is 15.2 Å². The lowest BCUT2D eigenvalue weighted by atomic mass is 10.1. The number of hydrogen-bond acceptors (Lipinski definition) is 7. The zero-order chi connectivity index (χ0) is 24.8. The second kappa shape index (κ2) is 11.1. The minimum atomic E-state index is -1.02.